The highest BCUT2D eigenvalue weighted by atomic mass is 19.1. The van der Waals surface area contributed by atoms with Gasteiger partial charge < -0.3 is 24.7 Å². The summed E-state index contributed by atoms with van der Waals surface area (Å²) in [5.41, 5.74) is 0. The molecule has 2 fully saturated rings. The Morgan fingerprint density at radius 2 is 2.04 bits per heavy atom. The first-order valence-electron chi connectivity index (χ1n) is 7.57. The van der Waals surface area contributed by atoms with Crippen LogP contribution in [0.15, 0.2) is 6.20 Å². The van der Waals surface area contributed by atoms with E-state index in [1.807, 2.05) is 0 Å². The van der Waals surface area contributed by atoms with Crippen molar-refractivity contribution in [3.05, 3.63) is 12.0 Å². The second-order valence-electron chi connectivity index (χ2n) is 5.69. The fraction of sp³-hybridized carbons (Fsp3) is 0.643. The zero-order valence-corrected chi connectivity index (χ0v) is 12.6. The Bertz CT molecular complexity index is 582. The molecule has 2 N–H and O–H groups in total. The number of nitrogens with zero attached hydrogens (tertiary/aromatic N) is 4. The van der Waals surface area contributed by atoms with Gasteiger partial charge in [0.2, 0.25) is 5.95 Å². The number of aliphatic hydroxyl groups excluding tert-OH is 1. The Morgan fingerprint density at radius 1 is 1.30 bits per heavy atom. The number of ether oxygens (including phenoxy) is 1. The molecule has 126 valence electrons. The van der Waals surface area contributed by atoms with Crippen LogP contribution in [0.5, 0.6) is 0 Å². The van der Waals surface area contributed by atoms with Crippen LogP contribution in [0, 0.1) is 11.7 Å². The lowest BCUT2D eigenvalue weighted by atomic mass is 9.95. The highest BCUT2D eigenvalue weighted by Crippen LogP contribution is 2.24. The molecule has 2 atom stereocenters. The van der Waals surface area contributed by atoms with E-state index in [4.69, 9.17) is 9.84 Å². The lowest BCUT2D eigenvalue weighted by Gasteiger charge is -2.34. The zero-order chi connectivity index (χ0) is 16.4. The number of hydrogen-bond acceptors (Lipinski definition) is 7. The van der Waals surface area contributed by atoms with Crippen LogP contribution in [0.25, 0.3) is 0 Å². The second-order valence-corrected chi connectivity index (χ2v) is 5.69. The molecule has 0 aliphatic carbocycles. The van der Waals surface area contributed by atoms with Crippen molar-refractivity contribution in [3.8, 4) is 0 Å². The van der Waals surface area contributed by atoms with Gasteiger partial charge in [-0.05, 0) is 6.42 Å². The molecule has 0 spiro atoms. The van der Waals surface area contributed by atoms with Crippen LogP contribution in [-0.4, -0.2) is 71.6 Å². The topological polar surface area (TPSA) is 99.0 Å². The predicted octanol–water partition coefficient (Wildman–Crippen LogP) is -0.276. The first-order chi connectivity index (χ1) is 11.1. The summed E-state index contributed by atoms with van der Waals surface area (Å²) in [6, 6.07) is 0. The number of aliphatic carboxylic acids is 1. The van der Waals surface area contributed by atoms with Crippen LogP contribution in [0.3, 0.4) is 0 Å². The van der Waals surface area contributed by atoms with Gasteiger partial charge in [-0.15, -0.1) is 0 Å². The summed E-state index contributed by atoms with van der Waals surface area (Å²) in [6.45, 7) is 2.64. The fourth-order valence-corrected chi connectivity index (χ4v) is 2.86. The molecule has 1 aromatic heterocycles. The SMILES string of the molecule is O=C(O)[C@@H]1CN(c2ncc(F)c(N3CCOCC3)n2)CC[C@H]1O. The molecule has 1 aromatic rings. The Hall–Kier alpha value is -2.00. The summed E-state index contributed by atoms with van der Waals surface area (Å²) in [7, 11) is 0. The number of anilines is 2. The number of aromatic nitrogens is 2. The summed E-state index contributed by atoms with van der Waals surface area (Å²) < 4.78 is 19.3. The number of carboxylic acid groups (broad SMARTS) is 1. The second kappa shape index (κ2) is 6.63. The average Bonchev–Trinajstić information content (AvgIpc) is 2.56. The average molecular weight is 326 g/mol. The maximum absolute atomic E-state index is 14.0. The smallest absolute Gasteiger partial charge is 0.310 e. The third-order valence-corrected chi connectivity index (χ3v) is 4.20. The van der Waals surface area contributed by atoms with Gasteiger partial charge in [-0.25, -0.2) is 9.37 Å². The van der Waals surface area contributed by atoms with E-state index in [9.17, 15) is 14.3 Å². The van der Waals surface area contributed by atoms with Crippen LogP contribution in [0.2, 0.25) is 0 Å². The molecule has 3 rings (SSSR count). The van der Waals surface area contributed by atoms with Gasteiger partial charge in [0.1, 0.15) is 5.92 Å². The number of hydrogen-bond donors (Lipinski definition) is 2. The first-order valence-corrected chi connectivity index (χ1v) is 7.57. The first kappa shape index (κ1) is 15.9. The van der Waals surface area contributed by atoms with E-state index in [0.29, 0.717) is 39.3 Å². The predicted molar refractivity (Wildman–Crippen MR) is 79.0 cm³/mol. The molecule has 23 heavy (non-hydrogen) atoms. The minimum absolute atomic E-state index is 0.102. The number of morpholine rings is 1. The lowest BCUT2D eigenvalue weighted by molar-refractivity contribution is -0.146. The van der Waals surface area contributed by atoms with Crippen LogP contribution >= 0.6 is 0 Å². The molecule has 8 nitrogen and oxygen atoms in total. The monoisotopic (exact) mass is 326 g/mol. The normalized spacial score (nSPS) is 25.5. The van der Waals surface area contributed by atoms with Crippen LogP contribution in [0.4, 0.5) is 16.2 Å². The van der Waals surface area contributed by atoms with Crippen molar-refractivity contribution in [1.82, 2.24) is 9.97 Å². The largest absolute Gasteiger partial charge is 0.481 e. The molecule has 0 amide bonds. The van der Waals surface area contributed by atoms with Gasteiger partial charge in [0, 0.05) is 26.2 Å². The zero-order valence-electron chi connectivity index (χ0n) is 12.6. The van der Waals surface area contributed by atoms with E-state index < -0.39 is 23.8 Å². The summed E-state index contributed by atoms with van der Waals surface area (Å²) in [4.78, 5) is 22.9. The van der Waals surface area contributed by atoms with E-state index >= 15 is 0 Å². The van der Waals surface area contributed by atoms with Gasteiger partial charge in [0.05, 0.1) is 25.5 Å². The van der Waals surface area contributed by atoms with Crippen molar-refractivity contribution in [2.75, 3.05) is 49.2 Å². The molecule has 0 radical (unpaired) electrons. The summed E-state index contributed by atoms with van der Waals surface area (Å²) >= 11 is 0. The minimum atomic E-state index is -1.06. The van der Waals surface area contributed by atoms with E-state index in [-0.39, 0.29) is 18.3 Å². The molecular weight excluding hydrogens is 307 g/mol. The molecule has 2 saturated heterocycles. The van der Waals surface area contributed by atoms with E-state index in [1.165, 1.54) is 0 Å². The minimum Gasteiger partial charge on any atom is -0.481 e. The Morgan fingerprint density at radius 3 is 2.74 bits per heavy atom. The maximum atomic E-state index is 14.0. The molecule has 0 bridgehead atoms. The Kier molecular flexibility index (Phi) is 4.58. The number of piperidine rings is 1. The summed E-state index contributed by atoms with van der Waals surface area (Å²) in [5.74, 6) is -1.98. The van der Waals surface area contributed by atoms with Crippen molar-refractivity contribution in [3.63, 3.8) is 0 Å². The summed E-state index contributed by atoms with van der Waals surface area (Å²) in [6.07, 6.45) is 0.529. The summed E-state index contributed by atoms with van der Waals surface area (Å²) in [5, 5.41) is 18.9. The highest BCUT2D eigenvalue weighted by molar-refractivity contribution is 5.72. The van der Waals surface area contributed by atoms with Crippen molar-refractivity contribution in [2.24, 2.45) is 5.92 Å². The molecule has 3 heterocycles. The lowest BCUT2D eigenvalue weighted by Crippen LogP contribution is -2.47. The number of carbonyl (C=O) groups is 1. The molecule has 9 heteroatoms. The van der Waals surface area contributed by atoms with Crippen molar-refractivity contribution >= 4 is 17.7 Å². The van der Waals surface area contributed by atoms with Gasteiger partial charge in [-0.2, -0.15) is 4.98 Å². The van der Waals surface area contributed by atoms with Gasteiger partial charge >= 0.3 is 5.97 Å². The standard InChI is InChI=1S/C14H19FN4O4/c15-10-7-16-14(17-12(10)18-3-5-23-6-4-18)19-2-1-11(20)9(8-19)13(21)22/h7,9,11,20H,1-6,8H2,(H,21,22)/t9-,11-/m1/s1. The molecule has 0 aromatic carbocycles. The van der Waals surface area contributed by atoms with Gasteiger partial charge in [0.25, 0.3) is 0 Å². The van der Waals surface area contributed by atoms with Gasteiger partial charge in [-0.3, -0.25) is 4.79 Å². The molecule has 0 unspecified atom stereocenters. The Labute approximate surface area is 132 Å². The van der Waals surface area contributed by atoms with E-state index in [1.54, 1.807) is 9.80 Å². The molecule has 0 saturated carbocycles. The van der Waals surface area contributed by atoms with Crippen LogP contribution < -0.4 is 9.80 Å². The van der Waals surface area contributed by atoms with Gasteiger partial charge in [0.15, 0.2) is 11.6 Å². The van der Waals surface area contributed by atoms with Crippen molar-refractivity contribution in [2.45, 2.75) is 12.5 Å². The third kappa shape index (κ3) is 3.35. The van der Waals surface area contributed by atoms with Crippen LogP contribution in [0.1, 0.15) is 6.42 Å². The van der Waals surface area contributed by atoms with Crippen molar-refractivity contribution < 1.29 is 24.1 Å². The fourth-order valence-electron chi connectivity index (χ4n) is 2.86. The number of rotatable bonds is 3. The Balaban J connectivity index is 1.81. The third-order valence-electron chi connectivity index (χ3n) is 4.20. The van der Waals surface area contributed by atoms with Crippen LogP contribution in [-0.2, 0) is 9.53 Å². The number of halogens is 1. The molecule has 2 aliphatic rings. The molecular formula is C14H19FN4O4. The number of aliphatic hydroxyl groups is 1. The van der Waals surface area contributed by atoms with Crippen molar-refractivity contribution in [1.29, 1.82) is 0 Å². The van der Waals surface area contributed by atoms with E-state index in [0.717, 1.165) is 6.20 Å². The quantitative estimate of drug-likeness (QED) is 0.783. The highest BCUT2D eigenvalue weighted by Gasteiger charge is 2.34. The number of carboxylic acids is 1. The van der Waals surface area contributed by atoms with Gasteiger partial charge in [-0.1, -0.05) is 0 Å². The van der Waals surface area contributed by atoms with E-state index in [2.05, 4.69) is 9.97 Å². The maximum Gasteiger partial charge on any atom is 0.310 e. The molecule has 2 aliphatic heterocycles.